The molecule has 5 heteroatoms. The van der Waals surface area contributed by atoms with Crippen LogP contribution in [0.2, 0.25) is 0 Å². The molecule has 0 aliphatic carbocycles. The molecule has 0 N–H and O–H groups in total. The lowest BCUT2D eigenvalue weighted by molar-refractivity contribution is 0.477. The summed E-state index contributed by atoms with van der Waals surface area (Å²) in [6, 6.07) is 70.8. The zero-order chi connectivity index (χ0) is 37.5. The van der Waals surface area contributed by atoms with E-state index < -0.39 is 0 Å². The van der Waals surface area contributed by atoms with Gasteiger partial charge in [-0.25, -0.2) is 0 Å². The molecule has 0 spiro atoms. The van der Waals surface area contributed by atoms with Crippen molar-refractivity contribution in [1.82, 2.24) is 4.57 Å². The van der Waals surface area contributed by atoms with Crippen molar-refractivity contribution in [2.45, 2.75) is 0 Å². The molecule has 11 aromatic rings. The van der Waals surface area contributed by atoms with Crippen LogP contribution < -0.4 is 14.5 Å². The third-order valence-electron chi connectivity index (χ3n) is 11.3. The Balaban J connectivity index is 1.06. The summed E-state index contributed by atoms with van der Waals surface area (Å²) in [4.78, 5) is 4.61. The summed E-state index contributed by atoms with van der Waals surface area (Å²) < 4.78 is 15.5. The highest BCUT2D eigenvalue weighted by Gasteiger charge is 2.28. The van der Waals surface area contributed by atoms with Crippen LogP contribution in [0.1, 0.15) is 0 Å². The molecule has 0 radical (unpaired) electrons. The lowest BCUT2D eigenvalue weighted by atomic mass is 10.1. The molecule has 3 heterocycles. The Kier molecular flexibility index (Phi) is 6.86. The highest BCUT2D eigenvalue weighted by molar-refractivity contribution is 6.11. The molecule has 57 heavy (non-hydrogen) atoms. The van der Waals surface area contributed by atoms with Gasteiger partial charge in [0, 0.05) is 56.4 Å². The largest absolute Gasteiger partial charge is 0.456 e. The number of para-hydroxylation sites is 5. The van der Waals surface area contributed by atoms with Crippen molar-refractivity contribution in [2.75, 3.05) is 9.80 Å². The van der Waals surface area contributed by atoms with E-state index in [0.717, 1.165) is 78.8 Å². The van der Waals surface area contributed by atoms with Crippen LogP contribution in [0.4, 0.5) is 34.1 Å². The molecule has 0 unspecified atom stereocenters. The van der Waals surface area contributed by atoms with Crippen LogP contribution in [0.5, 0.6) is 11.5 Å². The maximum Gasteiger partial charge on any atom is 0.153 e. The Morgan fingerprint density at radius 1 is 0.368 bits per heavy atom. The minimum atomic E-state index is 0.765. The summed E-state index contributed by atoms with van der Waals surface area (Å²) in [6.07, 6.45) is 0. The van der Waals surface area contributed by atoms with E-state index in [2.05, 4.69) is 190 Å². The van der Waals surface area contributed by atoms with Gasteiger partial charge < -0.3 is 23.5 Å². The molecule has 12 rings (SSSR count). The number of benzene rings is 9. The maximum absolute atomic E-state index is 6.79. The molecule has 0 fully saturated rings. The summed E-state index contributed by atoms with van der Waals surface area (Å²) >= 11 is 0. The number of ether oxygens (including phenoxy) is 1. The second-order valence-corrected chi connectivity index (χ2v) is 14.6. The van der Waals surface area contributed by atoms with Crippen LogP contribution in [0.15, 0.2) is 205 Å². The van der Waals surface area contributed by atoms with Crippen molar-refractivity contribution in [3.05, 3.63) is 200 Å². The first-order valence-corrected chi connectivity index (χ1v) is 19.3. The molecule has 0 saturated heterocycles. The number of anilines is 6. The first-order chi connectivity index (χ1) is 28.2. The van der Waals surface area contributed by atoms with Crippen molar-refractivity contribution in [1.29, 1.82) is 0 Å². The van der Waals surface area contributed by atoms with Gasteiger partial charge in [-0.3, -0.25) is 0 Å². The van der Waals surface area contributed by atoms with Crippen molar-refractivity contribution in [3.63, 3.8) is 0 Å². The number of hydrogen-bond donors (Lipinski definition) is 0. The Morgan fingerprint density at radius 2 is 1.02 bits per heavy atom. The molecule has 5 nitrogen and oxygen atoms in total. The SMILES string of the molecule is c1ccc(-n2c3ccccc3c3ccc(N(c4ccc5c(c4)Oc4ccccc4N5c4ccc5c(c4)oc4ccccc45)c4ccc5ccccc5c4)cc32)cc1. The molecule has 0 saturated carbocycles. The van der Waals surface area contributed by atoms with Crippen LogP contribution in [0.25, 0.3) is 60.2 Å². The zero-order valence-electron chi connectivity index (χ0n) is 30.7. The van der Waals surface area contributed by atoms with Gasteiger partial charge in [0.15, 0.2) is 11.5 Å². The molecule has 0 amide bonds. The maximum atomic E-state index is 6.79. The van der Waals surface area contributed by atoms with Crippen molar-refractivity contribution in [3.8, 4) is 17.2 Å². The third-order valence-corrected chi connectivity index (χ3v) is 11.3. The van der Waals surface area contributed by atoms with Crippen molar-refractivity contribution in [2.24, 2.45) is 0 Å². The minimum Gasteiger partial charge on any atom is -0.456 e. The van der Waals surface area contributed by atoms with E-state index in [0.29, 0.717) is 0 Å². The van der Waals surface area contributed by atoms with Gasteiger partial charge in [-0.2, -0.15) is 0 Å². The van der Waals surface area contributed by atoms with Gasteiger partial charge >= 0.3 is 0 Å². The second-order valence-electron chi connectivity index (χ2n) is 14.6. The normalized spacial score (nSPS) is 12.3. The second kappa shape index (κ2) is 12.4. The van der Waals surface area contributed by atoms with Gasteiger partial charge in [0.05, 0.1) is 28.1 Å². The Bertz CT molecular complexity index is 3360. The van der Waals surface area contributed by atoms with E-state index >= 15 is 0 Å². The van der Waals surface area contributed by atoms with Crippen LogP contribution in [-0.4, -0.2) is 4.57 Å². The predicted molar refractivity (Wildman–Crippen MR) is 235 cm³/mol. The molecule has 1 aliphatic heterocycles. The number of fused-ring (bicyclic) bond motifs is 9. The lowest BCUT2D eigenvalue weighted by Gasteiger charge is -2.34. The number of furan rings is 1. The smallest absolute Gasteiger partial charge is 0.153 e. The highest BCUT2D eigenvalue weighted by Crippen LogP contribution is 2.53. The van der Waals surface area contributed by atoms with Crippen LogP contribution >= 0.6 is 0 Å². The fourth-order valence-electron chi connectivity index (χ4n) is 8.73. The third kappa shape index (κ3) is 4.96. The van der Waals surface area contributed by atoms with E-state index in [1.54, 1.807) is 0 Å². The van der Waals surface area contributed by atoms with E-state index in [-0.39, 0.29) is 0 Å². The summed E-state index contributed by atoms with van der Waals surface area (Å²) in [5, 5.41) is 7.02. The standard InChI is InChI=1S/C52H33N3O2/c1-2-14-36(15-3-1)54-45-18-8-6-16-41(45)42-27-24-38(31-48(42)54)53(37-23-22-34-12-4-5-13-35(34)30-37)39-26-29-47-52(33-39)57-50-21-11-9-19-46(50)55(47)40-25-28-44-43-17-7-10-20-49(43)56-51(44)32-40/h1-33H. The Hall–Kier alpha value is -7.76. The van der Waals surface area contributed by atoms with Crippen LogP contribution in [0, 0.1) is 0 Å². The zero-order valence-corrected chi connectivity index (χ0v) is 30.7. The highest BCUT2D eigenvalue weighted by atomic mass is 16.5. The fraction of sp³-hybridized carbons (Fsp3) is 0. The van der Waals surface area contributed by atoms with Gasteiger partial charge in [0.2, 0.25) is 0 Å². The molecule has 0 atom stereocenters. The number of hydrogen-bond acceptors (Lipinski definition) is 4. The average molecular weight is 732 g/mol. The fourth-order valence-corrected chi connectivity index (χ4v) is 8.73. The molecule has 0 bridgehead atoms. The lowest BCUT2D eigenvalue weighted by Crippen LogP contribution is -2.17. The summed E-state index contributed by atoms with van der Waals surface area (Å²) in [5.41, 5.74) is 11.2. The molecular formula is C52H33N3O2. The van der Waals surface area contributed by atoms with Gasteiger partial charge in [-0.15, -0.1) is 0 Å². The first-order valence-electron chi connectivity index (χ1n) is 19.3. The summed E-state index contributed by atoms with van der Waals surface area (Å²) in [5.74, 6) is 1.55. The van der Waals surface area contributed by atoms with Crippen molar-refractivity contribution >= 4 is 88.6 Å². The topological polar surface area (TPSA) is 33.8 Å². The molecule has 268 valence electrons. The van der Waals surface area contributed by atoms with Gasteiger partial charge in [0.1, 0.15) is 11.2 Å². The van der Waals surface area contributed by atoms with E-state index in [9.17, 15) is 0 Å². The van der Waals surface area contributed by atoms with E-state index in [1.165, 1.54) is 27.1 Å². The first kappa shape index (κ1) is 31.6. The molecule has 2 aromatic heterocycles. The van der Waals surface area contributed by atoms with Crippen LogP contribution in [-0.2, 0) is 0 Å². The molecule has 1 aliphatic rings. The van der Waals surface area contributed by atoms with Gasteiger partial charge in [0.25, 0.3) is 0 Å². The summed E-state index contributed by atoms with van der Waals surface area (Å²) in [6.45, 7) is 0. The van der Waals surface area contributed by atoms with E-state index in [4.69, 9.17) is 9.15 Å². The molecule has 9 aromatic carbocycles. The monoisotopic (exact) mass is 731 g/mol. The summed E-state index contributed by atoms with van der Waals surface area (Å²) in [7, 11) is 0. The molecular weight excluding hydrogens is 699 g/mol. The van der Waals surface area contributed by atoms with Gasteiger partial charge in [-0.1, -0.05) is 103 Å². The van der Waals surface area contributed by atoms with Gasteiger partial charge in [-0.05, 0) is 95.7 Å². The predicted octanol–water partition coefficient (Wildman–Crippen LogP) is 14.9. The van der Waals surface area contributed by atoms with Crippen LogP contribution in [0.3, 0.4) is 0 Å². The number of rotatable bonds is 5. The number of nitrogens with zero attached hydrogens (tertiary/aromatic N) is 3. The van der Waals surface area contributed by atoms with E-state index in [1.807, 2.05) is 24.3 Å². The Labute approximate surface area is 328 Å². The Morgan fingerprint density at radius 3 is 1.95 bits per heavy atom. The van der Waals surface area contributed by atoms with Crippen molar-refractivity contribution < 1.29 is 9.15 Å². The minimum absolute atomic E-state index is 0.765. The average Bonchev–Trinajstić information content (AvgIpc) is 3.81. The number of aromatic nitrogens is 1. The quantitative estimate of drug-likeness (QED) is 0.176.